The third-order valence-electron chi connectivity index (χ3n) is 2.83. The molecule has 2 rings (SSSR count). The van der Waals surface area contributed by atoms with E-state index in [0.29, 0.717) is 12.5 Å². The van der Waals surface area contributed by atoms with Gasteiger partial charge in [0.25, 0.3) is 0 Å². The average Bonchev–Trinajstić information content (AvgIpc) is 2.59. The van der Waals surface area contributed by atoms with Crippen LogP contribution in [0.4, 0.5) is 5.82 Å². The van der Waals surface area contributed by atoms with E-state index >= 15 is 0 Å². The minimum absolute atomic E-state index is 0.380. The van der Waals surface area contributed by atoms with Crippen molar-refractivity contribution in [1.29, 1.82) is 0 Å². The smallest absolute Gasteiger partial charge is 0.181 e. The van der Waals surface area contributed by atoms with E-state index < -0.39 is 0 Å². The van der Waals surface area contributed by atoms with Crippen LogP contribution in [0.25, 0.3) is 0 Å². The van der Waals surface area contributed by atoms with Gasteiger partial charge in [0.2, 0.25) is 0 Å². The summed E-state index contributed by atoms with van der Waals surface area (Å²) in [6, 6.07) is 7.86. The molecular weight excluding hydrogens is 214 g/mol. The molecule has 0 aliphatic rings. The Labute approximate surface area is 101 Å². The summed E-state index contributed by atoms with van der Waals surface area (Å²) in [5, 5.41) is 4.13. The molecule has 1 aromatic carbocycles. The second-order valence-corrected chi connectivity index (χ2v) is 4.23. The van der Waals surface area contributed by atoms with E-state index in [1.165, 1.54) is 11.1 Å². The summed E-state index contributed by atoms with van der Waals surface area (Å²) in [5.74, 6) is 1.37. The lowest BCUT2D eigenvalue weighted by Gasteiger charge is -2.09. The molecule has 2 N–H and O–H groups in total. The molecule has 0 radical (unpaired) electrons. The Bertz CT molecular complexity index is 531. The summed E-state index contributed by atoms with van der Waals surface area (Å²) in [4.78, 5) is 0. The average molecular weight is 231 g/mol. The number of nitrogens with two attached hydrogens (primary N) is 1. The largest absolute Gasteiger partial charge is 0.471 e. The molecule has 0 saturated heterocycles. The van der Waals surface area contributed by atoms with Crippen LogP contribution in [0.15, 0.2) is 24.3 Å². The maximum absolute atomic E-state index is 5.67. The Morgan fingerprint density at radius 2 is 1.94 bits per heavy atom. The van der Waals surface area contributed by atoms with Gasteiger partial charge in [0.1, 0.15) is 11.6 Å². The maximum Gasteiger partial charge on any atom is 0.181 e. The monoisotopic (exact) mass is 231 g/mol. The molecule has 90 valence electrons. The van der Waals surface area contributed by atoms with E-state index in [-0.39, 0.29) is 0 Å². The van der Waals surface area contributed by atoms with Gasteiger partial charge in [0.15, 0.2) is 6.73 Å². The minimum atomic E-state index is 0.380. The van der Waals surface area contributed by atoms with Crippen molar-refractivity contribution in [3.63, 3.8) is 0 Å². The highest BCUT2D eigenvalue weighted by Crippen LogP contribution is 2.17. The zero-order chi connectivity index (χ0) is 12.4. The van der Waals surface area contributed by atoms with Crippen LogP contribution in [-0.2, 0) is 6.73 Å². The molecule has 0 aliphatic carbocycles. The summed E-state index contributed by atoms with van der Waals surface area (Å²) in [6.07, 6.45) is 0. The predicted molar refractivity (Wildman–Crippen MR) is 67.9 cm³/mol. The Morgan fingerprint density at radius 3 is 2.53 bits per heavy atom. The fourth-order valence-corrected chi connectivity index (χ4v) is 1.61. The highest BCUT2D eigenvalue weighted by atomic mass is 16.5. The SMILES string of the molecule is Cc1ccc(OCn2nc(N)cc2C)cc1C. The van der Waals surface area contributed by atoms with Gasteiger partial charge in [-0.1, -0.05) is 6.07 Å². The lowest BCUT2D eigenvalue weighted by molar-refractivity contribution is 0.218. The number of nitrogen functional groups attached to an aromatic ring is 1. The van der Waals surface area contributed by atoms with Crippen molar-refractivity contribution in [3.8, 4) is 5.75 Å². The van der Waals surface area contributed by atoms with Crippen molar-refractivity contribution in [3.05, 3.63) is 41.1 Å². The first kappa shape index (κ1) is 11.5. The summed E-state index contributed by atoms with van der Waals surface area (Å²) >= 11 is 0. The van der Waals surface area contributed by atoms with Crippen LogP contribution in [0.3, 0.4) is 0 Å². The normalized spacial score (nSPS) is 10.5. The molecule has 0 spiro atoms. The van der Waals surface area contributed by atoms with Gasteiger partial charge in [-0.3, -0.25) is 0 Å². The van der Waals surface area contributed by atoms with Crippen LogP contribution < -0.4 is 10.5 Å². The first-order chi connectivity index (χ1) is 8.06. The Balaban J connectivity index is 2.07. The lowest BCUT2D eigenvalue weighted by atomic mass is 10.1. The third kappa shape index (κ3) is 2.58. The van der Waals surface area contributed by atoms with E-state index in [1.807, 2.05) is 25.1 Å². The van der Waals surface area contributed by atoms with E-state index in [0.717, 1.165) is 11.4 Å². The van der Waals surface area contributed by atoms with Gasteiger partial charge in [-0.05, 0) is 44.0 Å². The Hall–Kier alpha value is -1.97. The molecule has 1 aromatic heterocycles. The molecule has 2 aromatic rings. The fraction of sp³-hybridized carbons (Fsp3) is 0.308. The molecular formula is C13H17N3O. The van der Waals surface area contributed by atoms with Crippen molar-refractivity contribution < 1.29 is 4.74 Å². The second kappa shape index (κ2) is 4.49. The number of benzene rings is 1. The number of anilines is 1. The van der Waals surface area contributed by atoms with Crippen LogP contribution in [-0.4, -0.2) is 9.78 Å². The summed E-state index contributed by atoms with van der Waals surface area (Å²) in [6.45, 7) is 6.48. The minimum Gasteiger partial charge on any atom is -0.471 e. The lowest BCUT2D eigenvalue weighted by Crippen LogP contribution is -2.08. The van der Waals surface area contributed by atoms with Crippen LogP contribution in [0.1, 0.15) is 16.8 Å². The first-order valence-corrected chi connectivity index (χ1v) is 5.56. The number of aryl methyl sites for hydroxylation is 3. The molecule has 0 fully saturated rings. The molecule has 4 nitrogen and oxygen atoms in total. The zero-order valence-electron chi connectivity index (χ0n) is 10.4. The number of hydrogen-bond acceptors (Lipinski definition) is 3. The van der Waals surface area contributed by atoms with E-state index in [9.17, 15) is 0 Å². The summed E-state index contributed by atoms with van der Waals surface area (Å²) < 4.78 is 7.41. The van der Waals surface area contributed by atoms with Crippen LogP contribution in [0.2, 0.25) is 0 Å². The van der Waals surface area contributed by atoms with Gasteiger partial charge in [-0.25, -0.2) is 4.68 Å². The Kier molecular flexibility index (Phi) is 3.04. The predicted octanol–water partition coefficient (Wildman–Crippen LogP) is 2.43. The van der Waals surface area contributed by atoms with Crippen LogP contribution in [0, 0.1) is 20.8 Å². The van der Waals surface area contributed by atoms with Gasteiger partial charge in [-0.2, -0.15) is 5.10 Å². The molecule has 0 bridgehead atoms. The molecule has 0 amide bonds. The van der Waals surface area contributed by atoms with Crippen LogP contribution >= 0.6 is 0 Å². The van der Waals surface area contributed by atoms with Crippen LogP contribution in [0.5, 0.6) is 5.75 Å². The molecule has 0 saturated carbocycles. The molecule has 17 heavy (non-hydrogen) atoms. The van der Waals surface area contributed by atoms with E-state index in [2.05, 4.69) is 25.0 Å². The quantitative estimate of drug-likeness (QED) is 0.882. The van der Waals surface area contributed by atoms with Gasteiger partial charge in [0, 0.05) is 11.8 Å². The van der Waals surface area contributed by atoms with Gasteiger partial charge >= 0.3 is 0 Å². The summed E-state index contributed by atoms with van der Waals surface area (Å²) in [5.41, 5.74) is 9.08. The number of hydrogen-bond donors (Lipinski definition) is 1. The maximum atomic E-state index is 5.67. The fourth-order valence-electron chi connectivity index (χ4n) is 1.61. The number of rotatable bonds is 3. The van der Waals surface area contributed by atoms with Crippen molar-refractivity contribution in [2.24, 2.45) is 0 Å². The van der Waals surface area contributed by atoms with Crippen molar-refractivity contribution in [2.45, 2.75) is 27.5 Å². The molecule has 0 atom stereocenters. The van der Waals surface area contributed by atoms with Gasteiger partial charge < -0.3 is 10.5 Å². The zero-order valence-corrected chi connectivity index (χ0v) is 10.4. The summed E-state index contributed by atoms with van der Waals surface area (Å²) in [7, 11) is 0. The topological polar surface area (TPSA) is 53.1 Å². The molecule has 0 unspecified atom stereocenters. The first-order valence-electron chi connectivity index (χ1n) is 5.56. The van der Waals surface area contributed by atoms with Crippen molar-refractivity contribution in [1.82, 2.24) is 9.78 Å². The Morgan fingerprint density at radius 1 is 1.18 bits per heavy atom. The highest BCUT2D eigenvalue weighted by Gasteiger charge is 2.02. The molecule has 1 heterocycles. The van der Waals surface area contributed by atoms with E-state index in [4.69, 9.17) is 10.5 Å². The molecule has 0 aliphatic heterocycles. The number of ether oxygens (including phenoxy) is 1. The van der Waals surface area contributed by atoms with Crippen molar-refractivity contribution in [2.75, 3.05) is 5.73 Å². The van der Waals surface area contributed by atoms with Gasteiger partial charge in [-0.15, -0.1) is 0 Å². The second-order valence-electron chi connectivity index (χ2n) is 4.23. The third-order valence-corrected chi connectivity index (χ3v) is 2.83. The standard InChI is InChI=1S/C13H17N3O/c1-9-4-5-12(6-10(9)2)17-8-16-11(3)7-13(14)15-16/h4-7H,8H2,1-3H3,(H2,14,15). The van der Waals surface area contributed by atoms with E-state index in [1.54, 1.807) is 4.68 Å². The van der Waals surface area contributed by atoms with Gasteiger partial charge in [0.05, 0.1) is 0 Å². The number of nitrogens with zero attached hydrogens (tertiary/aromatic N) is 2. The number of aromatic nitrogens is 2. The molecule has 4 heteroatoms. The highest BCUT2D eigenvalue weighted by molar-refractivity contribution is 5.33. The van der Waals surface area contributed by atoms with Crippen molar-refractivity contribution >= 4 is 5.82 Å².